The van der Waals surface area contributed by atoms with Crippen LogP contribution in [0.5, 0.6) is 11.5 Å². The lowest BCUT2D eigenvalue weighted by atomic mass is 10.1. The first-order chi connectivity index (χ1) is 8.83. The monoisotopic (exact) mass is 269 g/mol. The normalized spacial score (nSPS) is 13.4. The Kier molecular flexibility index (Phi) is 4.71. The minimum atomic E-state index is -2.04. The molecule has 0 bridgehead atoms. The van der Waals surface area contributed by atoms with Gasteiger partial charge in [0.25, 0.3) is 5.91 Å². The van der Waals surface area contributed by atoms with Crippen molar-refractivity contribution in [1.82, 2.24) is 5.32 Å². The van der Waals surface area contributed by atoms with Crippen molar-refractivity contribution in [3.8, 4) is 11.5 Å². The van der Waals surface area contributed by atoms with Gasteiger partial charge in [0.05, 0.1) is 6.54 Å². The Hall–Kier alpha value is -2.28. The Balaban J connectivity index is 2.41. The van der Waals surface area contributed by atoms with Crippen molar-refractivity contribution in [3.63, 3.8) is 0 Å². The summed E-state index contributed by atoms with van der Waals surface area (Å²) in [5.74, 6) is -2.00. The number of carbonyl (C=O) groups is 2. The molecule has 1 unspecified atom stereocenters. The lowest BCUT2D eigenvalue weighted by Gasteiger charge is -2.18. The molecular formula is C12H15NO6. The van der Waals surface area contributed by atoms with Crippen LogP contribution in [0.1, 0.15) is 6.92 Å². The zero-order valence-electron chi connectivity index (χ0n) is 10.3. The Morgan fingerprint density at radius 3 is 2.58 bits per heavy atom. The standard InChI is InChI=1S/C12H15NO6/c1-12(18,11(16)17)7-13-10(15)6-19-9-5-3-2-4-8(9)14/h2-5,14,18H,6-7H2,1H3,(H,13,15)(H,16,17). The number of aliphatic hydroxyl groups is 1. The van der Waals surface area contributed by atoms with Gasteiger partial charge in [-0.3, -0.25) is 4.79 Å². The third kappa shape index (κ3) is 4.47. The van der Waals surface area contributed by atoms with E-state index in [1.165, 1.54) is 12.1 Å². The number of benzene rings is 1. The maximum atomic E-state index is 11.4. The van der Waals surface area contributed by atoms with E-state index in [0.29, 0.717) is 0 Å². The van der Waals surface area contributed by atoms with Crippen LogP contribution in [0.2, 0.25) is 0 Å². The van der Waals surface area contributed by atoms with Gasteiger partial charge in [-0.15, -0.1) is 0 Å². The van der Waals surface area contributed by atoms with Gasteiger partial charge in [0.2, 0.25) is 0 Å². The maximum absolute atomic E-state index is 11.4. The molecule has 0 heterocycles. The fourth-order valence-electron chi connectivity index (χ4n) is 1.12. The Morgan fingerprint density at radius 2 is 2.00 bits per heavy atom. The molecule has 0 aromatic heterocycles. The number of ether oxygens (including phenoxy) is 1. The van der Waals surface area contributed by atoms with E-state index in [2.05, 4.69) is 5.32 Å². The van der Waals surface area contributed by atoms with Crippen LogP contribution in [0, 0.1) is 0 Å². The molecule has 7 heteroatoms. The third-order valence-electron chi connectivity index (χ3n) is 2.31. The number of amides is 1. The smallest absolute Gasteiger partial charge is 0.337 e. The lowest BCUT2D eigenvalue weighted by molar-refractivity contribution is -0.156. The van der Waals surface area contributed by atoms with Gasteiger partial charge in [-0.25, -0.2) is 4.79 Å². The highest BCUT2D eigenvalue weighted by Gasteiger charge is 2.30. The van der Waals surface area contributed by atoms with E-state index in [9.17, 15) is 19.8 Å². The number of para-hydroxylation sites is 2. The molecule has 0 aliphatic rings. The molecule has 1 amide bonds. The Labute approximate surface area is 109 Å². The van der Waals surface area contributed by atoms with Gasteiger partial charge < -0.3 is 25.4 Å². The van der Waals surface area contributed by atoms with Gasteiger partial charge >= 0.3 is 5.97 Å². The van der Waals surface area contributed by atoms with E-state index in [-0.39, 0.29) is 11.5 Å². The second kappa shape index (κ2) is 6.05. The lowest BCUT2D eigenvalue weighted by Crippen LogP contribution is -2.47. The van der Waals surface area contributed by atoms with Crippen LogP contribution >= 0.6 is 0 Å². The van der Waals surface area contributed by atoms with E-state index >= 15 is 0 Å². The summed E-state index contributed by atoms with van der Waals surface area (Å²) in [4.78, 5) is 22.0. The van der Waals surface area contributed by atoms with Crippen molar-refractivity contribution >= 4 is 11.9 Å². The minimum Gasteiger partial charge on any atom is -0.504 e. The van der Waals surface area contributed by atoms with Crippen molar-refractivity contribution in [2.45, 2.75) is 12.5 Å². The summed E-state index contributed by atoms with van der Waals surface area (Å²) in [5.41, 5.74) is -2.04. The molecule has 1 rings (SSSR count). The van der Waals surface area contributed by atoms with Crippen molar-refractivity contribution < 1.29 is 29.6 Å². The van der Waals surface area contributed by atoms with E-state index in [1.807, 2.05) is 0 Å². The van der Waals surface area contributed by atoms with Crippen LogP contribution in [-0.2, 0) is 9.59 Å². The predicted octanol–water partition coefficient (Wildman–Crippen LogP) is -0.277. The molecule has 0 fully saturated rings. The molecule has 4 N–H and O–H groups in total. The van der Waals surface area contributed by atoms with Gasteiger partial charge in [0.1, 0.15) is 0 Å². The first kappa shape index (κ1) is 14.8. The van der Waals surface area contributed by atoms with Crippen LogP contribution in [0.4, 0.5) is 0 Å². The van der Waals surface area contributed by atoms with E-state index in [4.69, 9.17) is 9.84 Å². The quantitative estimate of drug-likeness (QED) is 0.564. The zero-order chi connectivity index (χ0) is 14.5. The highest BCUT2D eigenvalue weighted by atomic mass is 16.5. The molecule has 1 atom stereocenters. The molecule has 0 saturated heterocycles. The number of aromatic hydroxyl groups is 1. The predicted molar refractivity (Wildman–Crippen MR) is 64.9 cm³/mol. The number of aliphatic carboxylic acids is 1. The number of hydrogen-bond donors (Lipinski definition) is 4. The van der Waals surface area contributed by atoms with Gasteiger partial charge in [0, 0.05) is 0 Å². The molecule has 1 aromatic rings. The average Bonchev–Trinajstić information content (AvgIpc) is 2.35. The average molecular weight is 269 g/mol. The van der Waals surface area contributed by atoms with Gasteiger partial charge in [0.15, 0.2) is 23.7 Å². The summed E-state index contributed by atoms with van der Waals surface area (Å²) < 4.78 is 5.03. The number of carbonyl (C=O) groups excluding carboxylic acids is 1. The summed E-state index contributed by atoms with van der Waals surface area (Å²) >= 11 is 0. The molecule has 104 valence electrons. The number of carboxylic acids is 1. The molecule has 0 saturated carbocycles. The number of phenols is 1. The first-order valence-corrected chi connectivity index (χ1v) is 5.46. The number of carboxylic acid groups (broad SMARTS) is 1. The van der Waals surface area contributed by atoms with Crippen LogP contribution in [0.25, 0.3) is 0 Å². The summed E-state index contributed by atoms with van der Waals surface area (Å²) in [6, 6.07) is 6.12. The molecule has 19 heavy (non-hydrogen) atoms. The first-order valence-electron chi connectivity index (χ1n) is 5.46. The van der Waals surface area contributed by atoms with Gasteiger partial charge in [-0.2, -0.15) is 0 Å². The number of phenolic OH excluding ortho intramolecular Hbond substituents is 1. The van der Waals surface area contributed by atoms with Crippen LogP contribution in [0.15, 0.2) is 24.3 Å². The zero-order valence-corrected chi connectivity index (χ0v) is 10.3. The largest absolute Gasteiger partial charge is 0.504 e. The highest BCUT2D eigenvalue weighted by molar-refractivity contribution is 5.80. The van der Waals surface area contributed by atoms with E-state index in [0.717, 1.165) is 6.92 Å². The van der Waals surface area contributed by atoms with Crippen LogP contribution in [-0.4, -0.2) is 45.9 Å². The van der Waals surface area contributed by atoms with Crippen molar-refractivity contribution in [2.24, 2.45) is 0 Å². The molecule has 7 nitrogen and oxygen atoms in total. The summed E-state index contributed by atoms with van der Waals surface area (Å²) in [5, 5.41) is 29.6. The molecule has 0 radical (unpaired) electrons. The van der Waals surface area contributed by atoms with E-state index < -0.39 is 30.6 Å². The second-order valence-corrected chi connectivity index (χ2v) is 4.11. The topological polar surface area (TPSA) is 116 Å². The third-order valence-corrected chi connectivity index (χ3v) is 2.31. The van der Waals surface area contributed by atoms with E-state index in [1.54, 1.807) is 12.1 Å². The number of rotatable bonds is 6. The Bertz CT molecular complexity index is 471. The molecular weight excluding hydrogens is 254 g/mol. The summed E-state index contributed by atoms with van der Waals surface area (Å²) in [6.45, 7) is 0.234. The van der Waals surface area contributed by atoms with Crippen molar-refractivity contribution in [3.05, 3.63) is 24.3 Å². The SMILES string of the molecule is CC(O)(CNC(=O)COc1ccccc1O)C(=O)O. The van der Waals surface area contributed by atoms with Crippen LogP contribution in [0.3, 0.4) is 0 Å². The van der Waals surface area contributed by atoms with Crippen molar-refractivity contribution in [1.29, 1.82) is 0 Å². The maximum Gasteiger partial charge on any atom is 0.337 e. The fourth-order valence-corrected chi connectivity index (χ4v) is 1.12. The van der Waals surface area contributed by atoms with Gasteiger partial charge in [-0.05, 0) is 19.1 Å². The second-order valence-electron chi connectivity index (χ2n) is 4.11. The molecule has 0 aliphatic heterocycles. The Morgan fingerprint density at radius 1 is 1.37 bits per heavy atom. The number of hydrogen-bond acceptors (Lipinski definition) is 5. The minimum absolute atomic E-state index is 0.104. The summed E-state index contributed by atoms with van der Waals surface area (Å²) in [6.07, 6.45) is 0. The fraction of sp³-hybridized carbons (Fsp3) is 0.333. The molecule has 0 aliphatic carbocycles. The molecule has 1 aromatic carbocycles. The summed E-state index contributed by atoms with van der Waals surface area (Å²) in [7, 11) is 0. The highest BCUT2D eigenvalue weighted by Crippen LogP contribution is 2.23. The number of nitrogens with one attached hydrogen (secondary N) is 1. The van der Waals surface area contributed by atoms with Crippen LogP contribution < -0.4 is 10.1 Å². The van der Waals surface area contributed by atoms with Crippen molar-refractivity contribution in [2.75, 3.05) is 13.2 Å². The van der Waals surface area contributed by atoms with Gasteiger partial charge in [-0.1, -0.05) is 12.1 Å². The molecule has 0 spiro atoms.